The lowest BCUT2D eigenvalue weighted by Crippen LogP contribution is -2.47. The summed E-state index contributed by atoms with van der Waals surface area (Å²) >= 11 is 0. The summed E-state index contributed by atoms with van der Waals surface area (Å²) in [6.07, 6.45) is 4.03. The van der Waals surface area contributed by atoms with Crippen LogP contribution in [0.15, 0.2) is 0 Å². The molecular formula is C15H33NO. The fraction of sp³-hybridized carbons (Fsp3) is 1.00. The van der Waals surface area contributed by atoms with Crippen LogP contribution >= 0.6 is 0 Å². The molecule has 2 heteroatoms. The zero-order valence-electron chi connectivity index (χ0n) is 13.0. The van der Waals surface area contributed by atoms with Crippen molar-refractivity contribution in [3.05, 3.63) is 0 Å². The van der Waals surface area contributed by atoms with Crippen molar-refractivity contribution in [2.45, 2.75) is 73.0 Å². The average Bonchev–Trinajstić information content (AvgIpc) is 2.27. The van der Waals surface area contributed by atoms with E-state index in [1.54, 1.807) is 0 Å². The summed E-state index contributed by atoms with van der Waals surface area (Å²) in [7, 11) is 2.06. The first-order chi connectivity index (χ1) is 7.90. The van der Waals surface area contributed by atoms with Crippen molar-refractivity contribution < 1.29 is 4.74 Å². The lowest BCUT2D eigenvalue weighted by atomic mass is 9.80. The van der Waals surface area contributed by atoms with E-state index in [-0.39, 0.29) is 11.5 Å². The van der Waals surface area contributed by atoms with Gasteiger partial charge in [-0.15, -0.1) is 0 Å². The molecule has 0 bridgehead atoms. The predicted octanol–water partition coefficient (Wildman–Crippen LogP) is 3.85. The molecule has 2 nitrogen and oxygen atoms in total. The molecule has 0 aromatic rings. The molecule has 0 amide bonds. The summed E-state index contributed by atoms with van der Waals surface area (Å²) in [5, 5.41) is 3.47. The van der Waals surface area contributed by atoms with Gasteiger partial charge in [0.15, 0.2) is 0 Å². The summed E-state index contributed by atoms with van der Waals surface area (Å²) in [4.78, 5) is 0. The van der Waals surface area contributed by atoms with Gasteiger partial charge in [-0.1, -0.05) is 47.5 Å². The quantitative estimate of drug-likeness (QED) is 0.699. The predicted molar refractivity (Wildman–Crippen MR) is 76.4 cm³/mol. The smallest absolute Gasteiger partial charge is 0.0775 e. The Kier molecular flexibility index (Phi) is 8.06. The number of rotatable bonds is 8. The maximum absolute atomic E-state index is 5.99. The van der Waals surface area contributed by atoms with Crippen LogP contribution in [-0.4, -0.2) is 25.8 Å². The van der Waals surface area contributed by atoms with Crippen LogP contribution in [0.5, 0.6) is 0 Å². The molecule has 1 N–H and O–H groups in total. The summed E-state index contributed by atoms with van der Waals surface area (Å²) in [6.45, 7) is 14.3. The molecule has 0 fully saturated rings. The van der Waals surface area contributed by atoms with Gasteiger partial charge in [0.1, 0.15) is 0 Å². The highest BCUT2D eigenvalue weighted by Gasteiger charge is 2.32. The molecule has 0 spiro atoms. The zero-order valence-corrected chi connectivity index (χ0v) is 13.0. The highest BCUT2D eigenvalue weighted by Crippen LogP contribution is 2.29. The minimum absolute atomic E-state index is 0.190. The van der Waals surface area contributed by atoms with E-state index in [0.717, 1.165) is 12.5 Å². The number of hydrogen-bond donors (Lipinski definition) is 1. The van der Waals surface area contributed by atoms with Crippen molar-refractivity contribution in [3.8, 4) is 0 Å². The van der Waals surface area contributed by atoms with Crippen LogP contribution in [0, 0.1) is 11.3 Å². The standard InChI is InChI=1S/C15H33NO/c1-8-12(9-2)11-13(16-7)14(17-10-3)15(4,5)6/h12-14,16H,8-11H2,1-7H3. The number of nitrogens with one attached hydrogen (secondary N) is 1. The molecule has 2 atom stereocenters. The molecule has 0 heterocycles. The van der Waals surface area contributed by atoms with Crippen molar-refractivity contribution >= 4 is 0 Å². The van der Waals surface area contributed by atoms with E-state index in [1.165, 1.54) is 19.3 Å². The van der Waals surface area contributed by atoms with Crippen LogP contribution in [0.2, 0.25) is 0 Å². The third kappa shape index (κ3) is 5.87. The highest BCUT2D eigenvalue weighted by atomic mass is 16.5. The van der Waals surface area contributed by atoms with E-state index in [1.807, 2.05) is 0 Å². The first-order valence-corrected chi connectivity index (χ1v) is 7.19. The molecule has 0 aromatic carbocycles. The van der Waals surface area contributed by atoms with E-state index in [4.69, 9.17) is 4.74 Å². The molecule has 104 valence electrons. The third-order valence-corrected chi connectivity index (χ3v) is 3.68. The monoisotopic (exact) mass is 243 g/mol. The Bertz CT molecular complexity index is 182. The second kappa shape index (κ2) is 8.10. The molecule has 0 saturated heterocycles. The Labute approximate surface area is 109 Å². The molecule has 0 aromatic heterocycles. The molecule has 2 unspecified atom stereocenters. The van der Waals surface area contributed by atoms with Crippen molar-refractivity contribution in [2.24, 2.45) is 11.3 Å². The third-order valence-electron chi connectivity index (χ3n) is 3.68. The lowest BCUT2D eigenvalue weighted by molar-refractivity contribution is -0.0391. The lowest BCUT2D eigenvalue weighted by Gasteiger charge is -2.38. The van der Waals surface area contributed by atoms with Crippen LogP contribution in [-0.2, 0) is 4.74 Å². The van der Waals surface area contributed by atoms with Gasteiger partial charge in [-0.2, -0.15) is 0 Å². The van der Waals surface area contributed by atoms with E-state index in [0.29, 0.717) is 6.04 Å². The Morgan fingerprint density at radius 3 is 1.88 bits per heavy atom. The van der Waals surface area contributed by atoms with Gasteiger partial charge in [-0.05, 0) is 31.7 Å². The number of likely N-dealkylation sites (N-methyl/N-ethyl adjacent to an activating group) is 1. The fourth-order valence-corrected chi connectivity index (χ4v) is 2.52. The molecule has 0 rings (SSSR count). The molecule has 0 aliphatic heterocycles. The molecule has 0 aliphatic carbocycles. The summed E-state index contributed by atoms with van der Waals surface area (Å²) < 4.78 is 5.99. The van der Waals surface area contributed by atoms with E-state index in [9.17, 15) is 0 Å². The van der Waals surface area contributed by atoms with E-state index >= 15 is 0 Å². The van der Waals surface area contributed by atoms with Crippen LogP contribution in [0.4, 0.5) is 0 Å². The summed E-state index contributed by atoms with van der Waals surface area (Å²) in [5.74, 6) is 0.803. The van der Waals surface area contributed by atoms with E-state index in [2.05, 4.69) is 53.9 Å². The Morgan fingerprint density at radius 1 is 1.06 bits per heavy atom. The molecule has 0 saturated carbocycles. The van der Waals surface area contributed by atoms with Gasteiger partial charge in [0.05, 0.1) is 6.10 Å². The SMILES string of the molecule is CCOC(C(CC(CC)CC)NC)C(C)(C)C. The maximum Gasteiger partial charge on any atom is 0.0775 e. The van der Waals surface area contributed by atoms with Crippen LogP contribution in [0.25, 0.3) is 0 Å². The number of hydrogen-bond acceptors (Lipinski definition) is 2. The first kappa shape index (κ1) is 16.9. The van der Waals surface area contributed by atoms with Crippen molar-refractivity contribution in [2.75, 3.05) is 13.7 Å². The van der Waals surface area contributed by atoms with Gasteiger partial charge in [0.25, 0.3) is 0 Å². The minimum atomic E-state index is 0.190. The van der Waals surface area contributed by atoms with Crippen molar-refractivity contribution in [1.82, 2.24) is 5.32 Å². The normalized spacial score (nSPS) is 16.2. The van der Waals surface area contributed by atoms with Crippen LogP contribution < -0.4 is 5.32 Å². The highest BCUT2D eigenvalue weighted by molar-refractivity contribution is 4.87. The Morgan fingerprint density at radius 2 is 1.59 bits per heavy atom. The van der Waals surface area contributed by atoms with Gasteiger partial charge in [0, 0.05) is 12.6 Å². The molecule has 0 radical (unpaired) electrons. The molecular weight excluding hydrogens is 210 g/mol. The Balaban J connectivity index is 4.66. The minimum Gasteiger partial charge on any atom is -0.376 e. The van der Waals surface area contributed by atoms with Gasteiger partial charge in [-0.3, -0.25) is 0 Å². The van der Waals surface area contributed by atoms with E-state index < -0.39 is 0 Å². The van der Waals surface area contributed by atoms with Gasteiger partial charge < -0.3 is 10.1 Å². The van der Waals surface area contributed by atoms with Gasteiger partial charge in [0.2, 0.25) is 0 Å². The summed E-state index contributed by atoms with van der Waals surface area (Å²) in [6, 6.07) is 0.458. The molecule has 0 aliphatic rings. The van der Waals surface area contributed by atoms with Gasteiger partial charge >= 0.3 is 0 Å². The average molecular weight is 243 g/mol. The summed E-state index contributed by atoms with van der Waals surface area (Å²) in [5.41, 5.74) is 0.190. The zero-order chi connectivity index (χ0) is 13.5. The second-order valence-corrected chi connectivity index (χ2v) is 6.06. The Hall–Kier alpha value is -0.0800. The topological polar surface area (TPSA) is 21.3 Å². The largest absolute Gasteiger partial charge is 0.376 e. The molecule has 17 heavy (non-hydrogen) atoms. The first-order valence-electron chi connectivity index (χ1n) is 7.19. The maximum atomic E-state index is 5.99. The van der Waals surface area contributed by atoms with Crippen molar-refractivity contribution in [1.29, 1.82) is 0 Å². The van der Waals surface area contributed by atoms with Crippen molar-refractivity contribution in [3.63, 3.8) is 0 Å². The number of ether oxygens (including phenoxy) is 1. The van der Waals surface area contributed by atoms with Crippen LogP contribution in [0.1, 0.15) is 60.8 Å². The van der Waals surface area contributed by atoms with Gasteiger partial charge in [-0.25, -0.2) is 0 Å². The fourth-order valence-electron chi connectivity index (χ4n) is 2.52. The van der Waals surface area contributed by atoms with Crippen LogP contribution in [0.3, 0.4) is 0 Å². The second-order valence-electron chi connectivity index (χ2n) is 6.06.